The van der Waals surface area contributed by atoms with Crippen LogP contribution in [0.15, 0.2) is 24.3 Å². The number of fused-ring (bicyclic) bond motifs is 1. The summed E-state index contributed by atoms with van der Waals surface area (Å²) in [5, 5.41) is 10.3. The van der Waals surface area contributed by atoms with Crippen molar-refractivity contribution in [3.63, 3.8) is 0 Å². The lowest BCUT2D eigenvalue weighted by molar-refractivity contribution is 0.0855. The molecule has 2 atom stereocenters. The predicted molar refractivity (Wildman–Crippen MR) is 79.2 cm³/mol. The molecular weight excluding hydrogens is 290 g/mol. The van der Waals surface area contributed by atoms with Crippen molar-refractivity contribution in [2.45, 2.75) is 31.8 Å². The zero-order valence-corrected chi connectivity index (χ0v) is 12.4. The lowest BCUT2D eigenvalue weighted by Gasteiger charge is -2.30. The summed E-state index contributed by atoms with van der Waals surface area (Å²) in [7, 11) is 0. The summed E-state index contributed by atoms with van der Waals surface area (Å²) < 4.78 is 0. The van der Waals surface area contributed by atoms with E-state index < -0.39 is 0 Å². The third kappa shape index (κ3) is 2.79. The van der Waals surface area contributed by atoms with Gasteiger partial charge in [0, 0.05) is 12.5 Å². The van der Waals surface area contributed by atoms with E-state index in [1.165, 1.54) is 37.9 Å². The first-order valence-corrected chi connectivity index (χ1v) is 6.83. The van der Waals surface area contributed by atoms with Crippen LogP contribution in [0.3, 0.4) is 0 Å². The van der Waals surface area contributed by atoms with Crippen LogP contribution < -0.4 is 0 Å². The first-order valence-electron chi connectivity index (χ1n) is 6.83. The molecule has 1 aromatic carbocycles. The summed E-state index contributed by atoms with van der Waals surface area (Å²) in [6, 6.07) is 8.35. The number of halogens is 1. The van der Waals surface area contributed by atoms with Crippen LogP contribution in [-0.2, 0) is 6.42 Å². The van der Waals surface area contributed by atoms with Gasteiger partial charge in [0.2, 0.25) is 0 Å². The van der Waals surface area contributed by atoms with Gasteiger partial charge < -0.3 is 10.0 Å². The van der Waals surface area contributed by atoms with Crippen LogP contribution in [-0.4, -0.2) is 29.6 Å². The second kappa shape index (κ2) is 6.18. The van der Waals surface area contributed by atoms with Gasteiger partial charge in [-0.05, 0) is 43.5 Å². The molecule has 0 spiro atoms. The fraction of sp³-hybridized carbons (Fsp3) is 0.600. The topological polar surface area (TPSA) is 23.5 Å². The van der Waals surface area contributed by atoms with Gasteiger partial charge in [0.15, 0.2) is 0 Å². The van der Waals surface area contributed by atoms with Crippen LogP contribution in [0.25, 0.3) is 0 Å². The van der Waals surface area contributed by atoms with E-state index >= 15 is 0 Å². The Labute approximate surface area is 120 Å². The van der Waals surface area contributed by atoms with Crippen molar-refractivity contribution in [3.05, 3.63) is 35.4 Å². The quantitative estimate of drug-likeness (QED) is 0.907. The number of hydrogen-bond acceptors (Lipinski definition) is 2. The van der Waals surface area contributed by atoms with Crippen LogP contribution in [0.5, 0.6) is 0 Å². The molecule has 1 fully saturated rings. The molecule has 1 aliphatic carbocycles. The Morgan fingerprint density at radius 3 is 2.56 bits per heavy atom. The molecule has 2 nitrogen and oxygen atoms in total. The second-order valence-corrected chi connectivity index (χ2v) is 5.47. The van der Waals surface area contributed by atoms with E-state index in [0.29, 0.717) is 5.92 Å². The monoisotopic (exact) mass is 311 g/mol. The average Bonchev–Trinajstić information content (AvgIpc) is 2.68. The molecule has 1 saturated heterocycles. The van der Waals surface area contributed by atoms with Gasteiger partial charge in [-0.25, -0.2) is 0 Å². The maximum Gasteiger partial charge on any atom is 0.0836 e. The molecule has 0 radical (unpaired) electrons. The van der Waals surface area contributed by atoms with Crippen LogP contribution in [0.4, 0.5) is 0 Å². The molecule has 18 heavy (non-hydrogen) atoms. The number of benzene rings is 1. The zero-order chi connectivity index (χ0) is 11.7. The van der Waals surface area contributed by atoms with Crippen LogP contribution in [0, 0.1) is 5.92 Å². The highest BCUT2D eigenvalue weighted by Crippen LogP contribution is 2.36. The highest BCUT2D eigenvalue weighted by molar-refractivity contribution is 8.93. The van der Waals surface area contributed by atoms with Gasteiger partial charge in [0.1, 0.15) is 0 Å². The molecule has 2 aliphatic rings. The van der Waals surface area contributed by atoms with E-state index in [4.69, 9.17) is 0 Å². The van der Waals surface area contributed by atoms with Gasteiger partial charge in [0.05, 0.1) is 6.10 Å². The Morgan fingerprint density at radius 1 is 1.11 bits per heavy atom. The molecule has 2 unspecified atom stereocenters. The smallest absolute Gasteiger partial charge is 0.0836 e. The van der Waals surface area contributed by atoms with Gasteiger partial charge >= 0.3 is 0 Å². The van der Waals surface area contributed by atoms with E-state index in [-0.39, 0.29) is 23.1 Å². The minimum absolute atomic E-state index is 0. The van der Waals surface area contributed by atoms with Crippen LogP contribution >= 0.6 is 17.0 Å². The Kier molecular flexibility index (Phi) is 4.82. The maximum atomic E-state index is 10.3. The fourth-order valence-electron chi connectivity index (χ4n) is 3.29. The summed E-state index contributed by atoms with van der Waals surface area (Å²) in [5.74, 6) is 0.408. The van der Waals surface area contributed by atoms with Crippen molar-refractivity contribution >= 4 is 17.0 Å². The number of aliphatic hydroxyl groups is 1. The molecule has 0 saturated carbocycles. The summed E-state index contributed by atoms with van der Waals surface area (Å²) in [4.78, 5) is 2.53. The Morgan fingerprint density at radius 2 is 1.83 bits per heavy atom. The molecule has 1 aliphatic heterocycles. The van der Waals surface area contributed by atoms with E-state index in [2.05, 4.69) is 23.1 Å². The zero-order valence-electron chi connectivity index (χ0n) is 10.7. The van der Waals surface area contributed by atoms with E-state index in [9.17, 15) is 5.11 Å². The predicted octanol–water partition coefficient (Wildman–Crippen LogP) is 2.96. The van der Waals surface area contributed by atoms with Crippen molar-refractivity contribution in [1.29, 1.82) is 0 Å². The molecular formula is C15H22BrNO. The van der Waals surface area contributed by atoms with Crippen molar-refractivity contribution in [2.75, 3.05) is 19.6 Å². The molecule has 3 rings (SSSR count). The summed E-state index contributed by atoms with van der Waals surface area (Å²) in [6.45, 7) is 3.51. The number of nitrogens with zero attached hydrogens (tertiary/aromatic N) is 1. The summed E-state index contributed by atoms with van der Waals surface area (Å²) in [5.41, 5.74) is 2.51. The fourth-order valence-corrected chi connectivity index (χ4v) is 3.29. The standard InChI is InChI=1S/C15H21NO.BrH/c17-15-13(11-16-8-4-1-5-9-16)10-12-6-2-3-7-14(12)15;/h2-3,6-7,13,15,17H,1,4-5,8-11H2;1H. The highest BCUT2D eigenvalue weighted by Gasteiger charge is 2.31. The minimum atomic E-state index is -0.242. The summed E-state index contributed by atoms with van der Waals surface area (Å²) >= 11 is 0. The number of aliphatic hydroxyl groups excluding tert-OH is 1. The van der Waals surface area contributed by atoms with Crippen LogP contribution in [0.2, 0.25) is 0 Å². The number of likely N-dealkylation sites (tertiary alicyclic amines) is 1. The van der Waals surface area contributed by atoms with E-state index in [1.54, 1.807) is 0 Å². The van der Waals surface area contributed by atoms with Gasteiger partial charge in [-0.1, -0.05) is 30.7 Å². The molecule has 1 N–H and O–H groups in total. The lowest BCUT2D eigenvalue weighted by Crippen LogP contribution is -2.35. The van der Waals surface area contributed by atoms with Gasteiger partial charge in [-0.15, -0.1) is 17.0 Å². The molecule has 1 heterocycles. The Hall–Kier alpha value is -0.380. The Balaban J connectivity index is 0.00000120. The van der Waals surface area contributed by atoms with Gasteiger partial charge in [0.25, 0.3) is 0 Å². The third-order valence-corrected chi connectivity index (χ3v) is 4.24. The molecule has 1 aromatic rings. The van der Waals surface area contributed by atoms with Crippen molar-refractivity contribution < 1.29 is 5.11 Å². The second-order valence-electron chi connectivity index (χ2n) is 5.47. The van der Waals surface area contributed by atoms with Gasteiger partial charge in [-0.3, -0.25) is 0 Å². The highest BCUT2D eigenvalue weighted by atomic mass is 79.9. The van der Waals surface area contributed by atoms with Crippen molar-refractivity contribution in [1.82, 2.24) is 4.90 Å². The molecule has 3 heteroatoms. The summed E-state index contributed by atoms with van der Waals surface area (Å²) in [6.07, 6.45) is 4.84. The number of hydrogen-bond donors (Lipinski definition) is 1. The number of rotatable bonds is 2. The van der Waals surface area contributed by atoms with E-state index in [0.717, 1.165) is 18.5 Å². The number of piperidine rings is 1. The normalized spacial score (nSPS) is 27.6. The Bertz CT molecular complexity index is 390. The molecule has 100 valence electrons. The molecule has 0 bridgehead atoms. The largest absolute Gasteiger partial charge is 0.388 e. The van der Waals surface area contributed by atoms with Crippen molar-refractivity contribution in [2.24, 2.45) is 5.92 Å². The maximum absolute atomic E-state index is 10.3. The van der Waals surface area contributed by atoms with Crippen molar-refractivity contribution in [3.8, 4) is 0 Å². The van der Waals surface area contributed by atoms with E-state index in [1.807, 2.05) is 6.07 Å². The molecule has 0 aromatic heterocycles. The first-order chi connectivity index (χ1) is 8.34. The minimum Gasteiger partial charge on any atom is -0.388 e. The van der Waals surface area contributed by atoms with Crippen LogP contribution in [0.1, 0.15) is 36.5 Å². The third-order valence-electron chi connectivity index (χ3n) is 4.24. The molecule has 0 amide bonds. The lowest BCUT2D eigenvalue weighted by atomic mass is 10.0. The SMILES string of the molecule is Br.OC1c2ccccc2CC1CN1CCCCC1. The van der Waals surface area contributed by atoms with Gasteiger partial charge in [-0.2, -0.15) is 0 Å². The first kappa shape index (κ1) is 14.0. The average molecular weight is 312 g/mol.